The minimum absolute atomic E-state index is 0.0554. The fraction of sp³-hybridized carbons (Fsp3) is 0.250. The first-order valence-electron chi connectivity index (χ1n) is 7.04. The SMILES string of the molecule is O=C1C=C(O)CC(c2cnc(-c3ccc(OC(F)(F)F)cc3)s2)C1. The first-order chi connectivity index (χ1) is 11.3. The van der Waals surface area contributed by atoms with Gasteiger partial charge >= 0.3 is 6.36 Å². The van der Waals surface area contributed by atoms with E-state index in [1.807, 2.05) is 0 Å². The first-order valence-corrected chi connectivity index (χ1v) is 7.86. The summed E-state index contributed by atoms with van der Waals surface area (Å²) in [6, 6.07) is 5.44. The number of rotatable bonds is 3. The predicted molar refractivity (Wildman–Crippen MR) is 81.9 cm³/mol. The second-order valence-electron chi connectivity index (χ2n) is 5.35. The van der Waals surface area contributed by atoms with E-state index in [0.29, 0.717) is 23.4 Å². The number of carbonyl (C=O) groups excluding carboxylic acids is 1. The number of halogens is 3. The van der Waals surface area contributed by atoms with Crippen LogP contribution in [0.25, 0.3) is 10.6 Å². The number of aliphatic hydroxyl groups is 1. The Morgan fingerprint density at radius 3 is 2.54 bits per heavy atom. The van der Waals surface area contributed by atoms with Gasteiger partial charge in [-0.1, -0.05) is 0 Å². The molecule has 0 bridgehead atoms. The molecule has 0 spiro atoms. The van der Waals surface area contributed by atoms with Crippen LogP contribution >= 0.6 is 11.3 Å². The van der Waals surface area contributed by atoms with Crippen LogP contribution in [0.1, 0.15) is 23.6 Å². The molecule has 2 aromatic rings. The fourth-order valence-corrected chi connectivity index (χ4v) is 3.50. The van der Waals surface area contributed by atoms with Crippen LogP contribution in [0.15, 0.2) is 42.3 Å². The van der Waals surface area contributed by atoms with Gasteiger partial charge in [0.05, 0.1) is 5.76 Å². The van der Waals surface area contributed by atoms with Gasteiger partial charge in [0, 0.05) is 41.5 Å². The number of hydrogen-bond donors (Lipinski definition) is 1. The molecule has 0 aliphatic heterocycles. The standard InChI is InChI=1S/C16H12F3NO3S/c17-16(18,19)23-13-3-1-9(2-4-13)15-20-8-14(24-15)10-5-11(21)7-12(22)6-10/h1-4,7-8,10,21H,5-6H2. The third-order valence-corrected chi connectivity index (χ3v) is 4.70. The van der Waals surface area contributed by atoms with E-state index >= 15 is 0 Å². The Bertz CT molecular complexity index is 781. The Kier molecular flexibility index (Phi) is 4.31. The number of carbonyl (C=O) groups is 1. The predicted octanol–water partition coefficient (Wildman–Crippen LogP) is 4.60. The number of ketones is 1. The molecular weight excluding hydrogens is 343 g/mol. The topological polar surface area (TPSA) is 59.4 Å². The van der Waals surface area contributed by atoms with Crippen molar-refractivity contribution in [3.63, 3.8) is 0 Å². The average Bonchev–Trinajstić information content (AvgIpc) is 2.95. The minimum atomic E-state index is -4.72. The molecule has 1 aliphatic carbocycles. The molecule has 1 aromatic heterocycles. The molecule has 1 unspecified atom stereocenters. The summed E-state index contributed by atoms with van der Waals surface area (Å²) in [5.41, 5.74) is 0.655. The molecule has 24 heavy (non-hydrogen) atoms. The van der Waals surface area contributed by atoms with Gasteiger partial charge in [-0.2, -0.15) is 0 Å². The van der Waals surface area contributed by atoms with Crippen LogP contribution in [0.4, 0.5) is 13.2 Å². The quantitative estimate of drug-likeness (QED) is 0.874. The van der Waals surface area contributed by atoms with E-state index in [2.05, 4.69) is 9.72 Å². The van der Waals surface area contributed by atoms with Gasteiger partial charge in [0.25, 0.3) is 0 Å². The van der Waals surface area contributed by atoms with Gasteiger partial charge in [-0.25, -0.2) is 4.98 Å². The van der Waals surface area contributed by atoms with Crippen molar-refractivity contribution in [2.75, 3.05) is 0 Å². The highest BCUT2D eigenvalue weighted by atomic mass is 32.1. The van der Waals surface area contributed by atoms with Crippen molar-refractivity contribution < 1.29 is 27.8 Å². The second kappa shape index (κ2) is 6.27. The van der Waals surface area contributed by atoms with Gasteiger partial charge in [-0.15, -0.1) is 24.5 Å². The lowest BCUT2D eigenvalue weighted by Crippen LogP contribution is -2.16. The van der Waals surface area contributed by atoms with E-state index in [0.717, 1.165) is 4.88 Å². The Balaban J connectivity index is 1.76. The average molecular weight is 355 g/mol. The fourth-order valence-electron chi connectivity index (χ4n) is 2.48. The molecule has 4 nitrogen and oxygen atoms in total. The highest BCUT2D eigenvalue weighted by Crippen LogP contribution is 2.37. The third kappa shape index (κ3) is 3.94. The molecule has 0 radical (unpaired) electrons. The number of thiazole rings is 1. The molecule has 1 aliphatic rings. The van der Waals surface area contributed by atoms with Crippen LogP contribution in [0.3, 0.4) is 0 Å². The number of aromatic nitrogens is 1. The third-order valence-electron chi connectivity index (χ3n) is 3.49. The van der Waals surface area contributed by atoms with Crippen molar-refractivity contribution >= 4 is 17.1 Å². The van der Waals surface area contributed by atoms with E-state index in [9.17, 15) is 23.1 Å². The van der Waals surface area contributed by atoms with Crippen molar-refractivity contribution in [1.29, 1.82) is 0 Å². The molecule has 1 aromatic carbocycles. The largest absolute Gasteiger partial charge is 0.573 e. The van der Waals surface area contributed by atoms with Crippen LogP contribution in [0.5, 0.6) is 5.75 Å². The highest BCUT2D eigenvalue weighted by Gasteiger charge is 2.31. The lowest BCUT2D eigenvalue weighted by molar-refractivity contribution is -0.274. The number of benzene rings is 1. The molecule has 126 valence electrons. The Hall–Kier alpha value is -2.35. The Morgan fingerprint density at radius 2 is 1.92 bits per heavy atom. The molecule has 0 saturated carbocycles. The molecule has 0 amide bonds. The Morgan fingerprint density at radius 1 is 1.21 bits per heavy atom. The van der Waals surface area contributed by atoms with Gasteiger partial charge in [0.1, 0.15) is 10.8 Å². The molecule has 8 heteroatoms. The maximum Gasteiger partial charge on any atom is 0.573 e. The minimum Gasteiger partial charge on any atom is -0.512 e. The highest BCUT2D eigenvalue weighted by molar-refractivity contribution is 7.15. The zero-order valence-electron chi connectivity index (χ0n) is 12.2. The molecule has 1 atom stereocenters. The van der Waals surface area contributed by atoms with Crippen LogP contribution in [-0.2, 0) is 4.79 Å². The smallest absolute Gasteiger partial charge is 0.512 e. The number of ether oxygens (including phenoxy) is 1. The van der Waals surface area contributed by atoms with E-state index in [-0.39, 0.29) is 23.2 Å². The summed E-state index contributed by atoms with van der Waals surface area (Å²) < 4.78 is 40.3. The zero-order valence-corrected chi connectivity index (χ0v) is 13.0. The maximum absolute atomic E-state index is 12.2. The normalized spacial score (nSPS) is 18.4. The van der Waals surface area contributed by atoms with Crippen molar-refractivity contribution in [2.45, 2.75) is 25.1 Å². The van der Waals surface area contributed by atoms with Gasteiger partial charge in [-0.05, 0) is 24.3 Å². The second-order valence-corrected chi connectivity index (χ2v) is 6.41. The summed E-state index contributed by atoms with van der Waals surface area (Å²) in [5, 5.41) is 10.2. The van der Waals surface area contributed by atoms with Crippen LogP contribution in [-0.4, -0.2) is 22.2 Å². The van der Waals surface area contributed by atoms with Crippen LogP contribution in [0.2, 0.25) is 0 Å². The molecule has 0 fully saturated rings. The van der Waals surface area contributed by atoms with Crippen molar-refractivity contribution in [3.8, 4) is 16.3 Å². The van der Waals surface area contributed by atoms with E-state index in [4.69, 9.17) is 0 Å². The number of nitrogens with zero attached hydrogens (tertiary/aromatic N) is 1. The van der Waals surface area contributed by atoms with Gasteiger partial charge < -0.3 is 9.84 Å². The zero-order chi connectivity index (χ0) is 17.3. The maximum atomic E-state index is 12.2. The lowest BCUT2D eigenvalue weighted by Gasteiger charge is -2.16. The van der Waals surface area contributed by atoms with Crippen molar-refractivity contribution in [1.82, 2.24) is 4.98 Å². The summed E-state index contributed by atoms with van der Waals surface area (Å²) in [6.07, 6.45) is -1.16. The van der Waals surface area contributed by atoms with E-state index < -0.39 is 6.36 Å². The van der Waals surface area contributed by atoms with Crippen molar-refractivity contribution in [3.05, 3.63) is 47.2 Å². The first kappa shape index (κ1) is 16.5. The van der Waals surface area contributed by atoms with Crippen LogP contribution in [0, 0.1) is 0 Å². The number of alkyl halides is 3. The van der Waals surface area contributed by atoms with Gasteiger partial charge in [0.15, 0.2) is 5.78 Å². The number of aliphatic hydroxyl groups excluding tert-OH is 1. The van der Waals surface area contributed by atoms with Crippen LogP contribution < -0.4 is 4.74 Å². The summed E-state index contributed by atoms with van der Waals surface area (Å²) in [7, 11) is 0. The lowest BCUT2D eigenvalue weighted by atomic mass is 9.91. The monoisotopic (exact) mass is 355 g/mol. The van der Waals surface area contributed by atoms with Gasteiger partial charge in [0.2, 0.25) is 0 Å². The molecule has 0 saturated heterocycles. The number of hydrogen-bond acceptors (Lipinski definition) is 5. The molecule has 1 heterocycles. The van der Waals surface area contributed by atoms with Crippen molar-refractivity contribution in [2.24, 2.45) is 0 Å². The summed E-state index contributed by atoms with van der Waals surface area (Å²) >= 11 is 1.35. The molecule has 1 N–H and O–H groups in total. The summed E-state index contributed by atoms with van der Waals surface area (Å²) in [6.45, 7) is 0. The number of allylic oxidation sites excluding steroid dienone is 2. The summed E-state index contributed by atoms with van der Waals surface area (Å²) in [4.78, 5) is 16.6. The van der Waals surface area contributed by atoms with Gasteiger partial charge in [-0.3, -0.25) is 4.79 Å². The summed E-state index contributed by atoms with van der Waals surface area (Å²) in [5.74, 6) is -0.496. The van der Waals surface area contributed by atoms with E-state index in [1.54, 1.807) is 6.20 Å². The van der Waals surface area contributed by atoms with E-state index in [1.165, 1.54) is 41.7 Å². The molecular formula is C16H12F3NO3S. The molecule has 3 rings (SSSR count). The Labute approximate surface area is 139 Å².